The van der Waals surface area contributed by atoms with E-state index in [1.165, 1.54) is 31.2 Å². The average molecular weight is 482 g/mol. The lowest BCUT2D eigenvalue weighted by Gasteiger charge is -2.26. The van der Waals surface area contributed by atoms with Crippen molar-refractivity contribution in [3.63, 3.8) is 0 Å². The maximum Gasteiger partial charge on any atom is 0.308 e. The number of unbranched alkanes of at least 4 members (excludes halogenated alkanes) is 1. The number of halogens is 1. The number of aromatic hydroxyl groups is 1. The van der Waals surface area contributed by atoms with Crippen molar-refractivity contribution in [2.24, 2.45) is 0 Å². The Morgan fingerprint density at radius 3 is 1.94 bits per heavy atom. The molecule has 33 heavy (non-hydrogen) atoms. The van der Waals surface area contributed by atoms with Gasteiger partial charge < -0.3 is 24.1 Å². The smallest absolute Gasteiger partial charge is 0.308 e. The van der Waals surface area contributed by atoms with Gasteiger partial charge in [-0.05, 0) is 61.4 Å². The van der Waals surface area contributed by atoms with E-state index in [1.54, 1.807) is 0 Å². The molecule has 0 saturated carbocycles. The molecule has 0 aliphatic carbocycles. The van der Waals surface area contributed by atoms with Gasteiger partial charge in [0, 0.05) is 26.6 Å². The van der Waals surface area contributed by atoms with E-state index >= 15 is 0 Å². The van der Waals surface area contributed by atoms with E-state index < -0.39 is 0 Å². The van der Waals surface area contributed by atoms with Gasteiger partial charge in [-0.2, -0.15) is 0 Å². The first kappa shape index (κ1) is 28.6. The molecule has 0 spiro atoms. The molecule has 3 rings (SSSR count). The molecule has 8 heteroatoms. The number of phenolic OH excluding ortho intramolecular Hbond substituents is 1. The predicted octanol–water partition coefficient (Wildman–Crippen LogP) is 4.71. The van der Waals surface area contributed by atoms with Crippen LogP contribution in [0.15, 0.2) is 48.5 Å². The molecule has 1 heterocycles. The van der Waals surface area contributed by atoms with Crippen LogP contribution in [0.3, 0.4) is 0 Å². The van der Waals surface area contributed by atoms with Crippen LogP contribution < -0.4 is 14.2 Å². The molecule has 1 saturated heterocycles. The molecule has 0 atom stereocenters. The zero-order valence-electron chi connectivity index (χ0n) is 19.5. The molecule has 0 amide bonds. The first-order valence-corrected chi connectivity index (χ1v) is 11.2. The van der Waals surface area contributed by atoms with Crippen LogP contribution in [0.4, 0.5) is 0 Å². The summed E-state index contributed by atoms with van der Waals surface area (Å²) in [7, 11) is 0. The minimum atomic E-state index is -0.365. The minimum Gasteiger partial charge on any atom is -0.508 e. The van der Waals surface area contributed by atoms with Crippen molar-refractivity contribution in [2.45, 2.75) is 33.1 Å². The van der Waals surface area contributed by atoms with Gasteiger partial charge in [-0.3, -0.25) is 9.69 Å². The molecule has 184 valence electrons. The van der Waals surface area contributed by atoms with Gasteiger partial charge in [0.05, 0.1) is 26.4 Å². The fourth-order valence-electron chi connectivity index (χ4n) is 2.95. The number of ether oxygens (including phenoxy) is 4. The first-order valence-electron chi connectivity index (χ1n) is 11.2. The Hall–Kier alpha value is -2.48. The Kier molecular flexibility index (Phi) is 14.8. The Labute approximate surface area is 203 Å². The number of rotatable bonds is 10. The highest BCUT2D eigenvalue weighted by Gasteiger charge is 2.09. The highest BCUT2D eigenvalue weighted by Crippen LogP contribution is 2.18. The minimum absolute atomic E-state index is 0. The molecule has 1 fully saturated rings. The van der Waals surface area contributed by atoms with Gasteiger partial charge in [0.1, 0.15) is 23.0 Å². The number of esters is 1. The van der Waals surface area contributed by atoms with Crippen LogP contribution in [0, 0.1) is 0 Å². The van der Waals surface area contributed by atoms with Crippen LogP contribution in [-0.2, 0) is 9.53 Å². The van der Waals surface area contributed by atoms with Crippen molar-refractivity contribution in [2.75, 3.05) is 46.1 Å². The zero-order valence-corrected chi connectivity index (χ0v) is 20.4. The van der Waals surface area contributed by atoms with Crippen molar-refractivity contribution >= 4 is 18.4 Å². The average Bonchev–Trinajstić information content (AvgIpc) is 2.80. The number of hydrogen-bond acceptors (Lipinski definition) is 7. The van der Waals surface area contributed by atoms with E-state index in [9.17, 15) is 4.79 Å². The summed E-state index contributed by atoms with van der Waals surface area (Å²) in [5, 5.41) is 8.85. The number of morpholine rings is 1. The fraction of sp³-hybridized carbons (Fsp3) is 0.480. The third kappa shape index (κ3) is 13.0. The number of carbonyl (C=O) groups excluding carboxylic acids is 1. The van der Waals surface area contributed by atoms with Gasteiger partial charge >= 0.3 is 5.97 Å². The van der Waals surface area contributed by atoms with E-state index in [0.717, 1.165) is 76.8 Å². The summed E-state index contributed by atoms with van der Waals surface area (Å²) < 4.78 is 21.5. The Balaban J connectivity index is 0.000000385. The number of benzene rings is 2. The lowest BCUT2D eigenvalue weighted by molar-refractivity contribution is -0.131. The van der Waals surface area contributed by atoms with Gasteiger partial charge in [-0.1, -0.05) is 13.3 Å². The van der Waals surface area contributed by atoms with Crippen LogP contribution in [-0.4, -0.2) is 62.0 Å². The SMILES string of the molecule is CC(=O)Oc1ccc(O)cc1.CCCCOc1ccc(OCCCN2CCOCC2)cc1.Cl. The van der Waals surface area contributed by atoms with E-state index in [4.69, 9.17) is 24.1 Å². The Morgan fingerprint density at radius 1 is 0.909 bits per heavy atom. The highest BCUT2D eigenvalue weighted by atomic mass is 35.5. The quantitative estimate of drug-likeness (QED) is 0.299. The lowest BCUT2D eigenvalue weighted by atomic mass is 10.3. The first-order chi connectivity index (χ1) is 15.6. The van der Waals surface area contributed by atoms with Crippen LogP contribution in [0.5, 0.6) is 23.0 Å². The van der Waals surface area contributed by atoms with E-state index in [2.05, 4.69) is 11.8 Å². The van der Waals surface area contributed by atoms with E-state index in [-0.39, 0.29) is 24.1 Å². The van der Waals surface area contributed by atoms with Gasteiger partial charge in [0.25, 0.3) is 0 Å². The van der Waals surface area contributed by atoms with Crippen LogP contribution in [0.25, 0.3) is 0 Å². The maximum atomic E-state index is 10.4. The standard InChI is InChI=1S/C17H27NO3.C8H8O3.ClH/c1-2-3-12-20-16-5-7-17(8-6-16)21-13-4-9-18-10-14-19-15-11-18;1-6(9)11-8-4-2-7(10)3-5-8;/h5-8H,2-4,9-15H2,1H3;2-5,10H,1H3;1H. The predicted molar refractivity (Wildman–Crippen MR) is 131 cm³/mol. The second-order valence-corrected chi connectivity index (χ2v) is 7.42. The lowest BCUT2D eigenvalue weighted by Crippen LogP contribution is -2.37. The van der Waals surface area contributed by atoms with Crippen molar-refractivity contribution in [1.29, 1.82) is 0 Å². The molecule has 7 nitrogen and oxygen atoms in total. The maximum absolute atomic E-state index is 10.4. The normalized spacial score (nSPS) is 13.2. The van der Waals surface area contributed by atoms with Gasteiger partial charge in [-0.15, -0.1) is 12.4 Å². The molecule has 0 unspecified atom stereocenters. The number of phenols is 1. The number of nitrogens with zero attached hydrogens (tertiary/aromatic N) is 1. The van der Waals surface area contributed by atoms with Crippen molar-refractivity contribution in [1.82, 2.24) is 4.90 Å². The third-order valence-electron chi connectivity index (χ3n) is 4.68. The number of carbonyl (C=O) groups is 1. The molecular weight excluding hydrogens is 446 g/mol. The largest absolute Gasteiger partial charge is 0.508 e. The molecule has 0 radical (unpaired) electrons. The summed E-state index contributed by atoms with van der Waals surface area (Å²) >= 11 is 0. The molecule has 0 bridgehead atoms. The van der Waals surface area contributed by atoms with Gasteiger partial charge in [-0.25, -0.2) is 0 Å². The fourth-order valence-corrected chi connectivity index (χ4v) is 2.95. The van der Waals surface area contributed by atoms with Crippen LogP contribution >= 0.6 is 12.4 Å². The molecule has 2 aromatic rings. The molecular formula is C25H36ClNO6. The molecule has 1 N–H and O–H groups in total. The van der Waals surface area contributed by atoms with Crippen molar-refractivity contribution < 1.29 is 28.8 Å². The summed E-state index contributed by atoms with van der Waals surface area (Å²) in [6.07, 6.45) is 3.30. The van der Waals surface area contributed by atoms with Crippen LogP contribution in [0.1, 0.15) is 33.1 Å². The molecule has 0 aromatic heterocycles. The second kappa shape index (κ2) is 17.1. The van der Waals surface area contributed by atoms with E-state index in [0.29, 0.717) is 5.75 Å². The molecule has 1 aliphatic heterocycles. The summed E-state index contributed by atoms with van der Waals surface area (Å²) in [6, 6.07) is 13.9. The topological polar surface area (TPSA) is 77.5 Å². The van der Waals surface area contributed by atoms with Gasteiger partial charge in [0.2, 0.25) is 0 Å². The Bertz CT molecular complexity index is 763. The Morgan fingerprint density at radius 2 is 1.42 bits per heavy atom. The van der Waals surface area contributed by atoms with E-state index in [1.807, 2.05) is 24.3 Å². The summed E-state index contributed by atoms with van der Waals surface area (Å²) in [5.74, 6) is 2.07. The monoisotopic (exact) mass is 481 g/mol. The highest BCUT2D eigenvalue weighted by molar-refractivity contribution is 5.85. The van der Waals surface area contributed by atoms with Gasteiger partial charge in [0.15, 0.2) is 0 Å². The molecule has 1 aliphatic rings. The molecule has 2 aromatic carbocycles. The summed E-state index contributed by atoms with van der Waals surface area (Å²) in [5.41, 5.74) is 0. The number of hydrogen-bond donors (Lipinski definition) is 1. The van der Waals surface area contributed by atoms with Crippen molar-refractivity contribution in [3.05, 3.63) is 48.5 Å². The summed E-state index contributed by atoms with van der Waals surface area (Å²) in [4.78, 5) is 12.8. The zero-order chi connectivity index (χ0) is 23.0. The third-order valence-corrected chi connectivity index (χ3v) is 4.68. The summed E-state index contributed by atoms with van der Waals surface area (Å²) in [6.45, 7) is 9.93. The van der Waals surface area contributed by atoms with Crippen molar-refractivity contribution in [3.8, 4) is 23.0 Å². The second-order valence-electron chi connectivity index (χ2n) is 7.42. The van der Waals surface area contributed by atoms with Crippen LogP contribution in [0.2, 0.25) is 0 Å².